The van der Waals surface area contributed by atoms with Crippen LogP contribution in [-0.2, 0) is 5.75 Å². The molecule has 0 amide bonds. The van der Waals surface area contributed by atoms with Crippen LogP contribution in [-0.4, -0.2) is 42.4 Å². The molecule has 17 heavy (non-hydrogen) atoms. The van der Waals surface area contributed by atoms with E-state index in [1.807, 2.05) is 14.1 Å². The fourth-order valence-corrected chi connectivity index (χ4v) is 2.42. The van der Waals surface area contributed by atoms with Crippen molar-refractivity contribution < 1.29 is 14.3 Å². The Morgan fingerprint density at radius 1 is 1.47 bits per heavy atom. The molecule has 0 saturated carbocycles. The molecule has 1 aromatic carbocycles. The third-order valence-corrected chi connectivity index (χ3v) is 3.22. The average Bonchev–Trinajstić information content (AvgIpc) is 2.23. The standard InChI is InChI=1S/C12H16FNO2S/c1-14(2)5-6-17-8-9-7-10(13)3-4-11(9)12(15)16/h3-4,7H,5-6,8H2,1-2H3,(H,15,16). The first kappa shape index (κ1) is 14.0. The maximum atomic E-state index is 13.0. The number of thioether (sulfide) groups is 1. The van der Waals surface area contributed by atoms with Gasteiger partial charge in [-0.15, -0.1) is 0 Å². The van der Waals surface area contributed by atoms with Gasteiger partial charge in [0.2, 0.25) is 0 Å². The Morgan fingerprint density at radius 3 is 2.76 bits per heavy atom. The normalized spacial score (nSPS) is 10.8. The highest BCUT2D eigenvalue weighted by Gasteiger charge is 2.10. The van der Waals surface area contributed by atoms with E-state index < -0.39 is 11.8 Å². The maximum absolute atomic E-state index is 13.0. The molecular weight excluding hydrogens is 241 g/mol. The predicted octanol–water partition coefficient (Wildman–Crippen LogP) is 2.32. The van der Waals surface area contributed by atoms with Gasteiger partial charge in [-0.25, -0.2) is 9.18 Å². The molecule has 0 atom stereocenters. The Balaban J connectivity index is 2.62. The van der Waals surface area contributed by atoms with Crippen molar-refractivity contribution in [2.24, 2.45) is 0 Å². The van der Waals surface area contributed by atoms with Crippen molar-refractivity contribution in [1.82, 2.24) is 4.90 Å². The summed E-state index contributed by atoms with van der Waals surface area (Å²) in [4.78, 5) is 13.0. The van der Waals surface area contributed by atoms with Crippen LogP contribution in [0.25, 0.3) is 0 Å². The van der Waals surface area contributed by atoms with Crippen molar-refractivity contribution in [1.29, 1.82) is 0 Å². The summed E-state index contributed by atoms with van der Waals surface area (Å²) in [5, 5.41) is 8.96. The summed E-state index contributed by atoms with van der Waals surface area (Å²) in [6.07, 6.45) is 0. The van der Waals surface area contributed by atoms with Gasteiger partial charge in [-0.1, -0.05) is 0 Å². The lowest BCUT2D eigenvalue weighted by Gasteiger charge is -2.09. The number of benzene rings is 1. The van der Waals surface area contributed by atoms with Crippen molar-refractivity contribution >= 4 is 17.7 Å². The number of hydrogen-bond donors (Lipinski definition) is 1. The molecule has 94 valence electrons. The molecule has 0 aliphatic rings. The van der Waals surface area contributed by atoms with E-state index in [2.05, 4.69) is 4.90 Å². The van der Waals surface area contributed by atoms with Crippen molar-refractivity contribution in [2.75, 3.05) is 26.4 Å². The van der Waals surface area contributed by atoms with Crippen LogP contribution in [0.3, 0.4) is 0 Å². The third-order valence-electron chi connectivity index (χ3n) is 2.24. The van der Waals surface area contributed by atoms with Gasteiger partial charge in [0, 0.05) is 18.1 Å². The van der Waals surface area contributed by atoms with Crippen molar-refractivity contribution in [3.8, 4) is 0 Å². The topological polar surface area (TPSA) is 40.5 Å². The van der Waals surface area contributed by atoms with E-state index in [1.165, 1.54) is 18.2 Å². The summed E-state index contributed by atoms with van der Waals surface area (Å²) in [5.41, 5.74) is 0.727. The van der Waals surface area contributed by atoms with Crippen LogP contribution >= 0.6 is 11.8 Å². The molecular formula is C12H16FNO2S. The highest BCUT2D eigenvalue weighted by atomic mass is 32.2. The number of rotatable bonds is 6. The minimum atomic E-state index is -1.01. The quantitative estimate of drug-likeness (QED) is 0.794. The molecule has 0 heterocycles. The smallest absolute Gasteiger partial charge is 0.335 e. The zero-order valence-corrected chi connectivity index (χ0v) is 10.8. The number of halogens is 1. The molecule has 1 aromatic rings. The Bertz CT molecular complexity index is 396. The van der Waals surface area contributed by atoms with E-state index in [0.29, 0.717) is 11.3 Å². The monoisotopic (exact) mass is 257 g/mol. The Labute approximate surface area is 105 Å². The van der Waals surface area contributed by atoms with Gasteiger partial charge in [0.25, 0.3) is 0 Å². The summed E-state index contributed by atoms with van der Waals surface area (Å²) in [5.74, 6) is 0.0157. The van der Waals surface area contributed by atoms with E-state index in [4.69, 9.17) is 5.11 Å². The van der Waals surface area contributed by atoms with Crippen LogP contribution < -0.4 is 0 Å². The van der Waals surface area contributed by atoms with E-state index in [9.17, 15) is 9.18 Å². The number of aromatic carboxylic acids is 1. The summed E-state index contributed by atoms with van der Waals surface area (Å²) in [6.45, 7) is 0.919. The number of carboxylic acid groups (broad SMARTS) is 1. The number of carbonyl (C=O) groups is 1. The average molecular weight is 257 g/mol. The summed E-state index contributed by atoms with van der Waals surface area (Å²) < 4.78 is 13.0. The lowest BCUT2D eigenvalue weighted by Crippen LogP contribution is -2.15. The molecule has 3 nitrogen and oxygen atoms in total. The Hall–Kier alpha value is -1.07. The van der Waals surface area contributed by atoms with Gasteiger partial charge in [0.1, 0.15) is 5.82 Å². The number of hydrogen-bond acceptors (Lipinski definition) is 3. The van der Waals surface area contributed by atoms with Crippen LogP contribution in [0.15, 0.2) is 18.2 Å². The second kappa shape index (κ2) is 6.61. The van der Waals surface area contributed by atoms with Crippen LogP contribution in [0, 0.1) is 5.82 Å². The fraction of sp³-hybridized carbons (Fsp3) is 0.417. The molecule has 0 aliphatic carbocycles. The van der Waals surface area contributed by atoms with E-state index in [0.717, 1.165) is 12.3 Å². The SMILES string of the molecule is CN(C)CCSCc1cc(F)ccc1C(=O)O. The second-order valence-electron chi connectivity index (χ2n) is 3.96. The highest BCUT2D eigenvalue weighted by Crippen LogP contribution is 2.18. The third kappa shape index (κ3) is 4.75. The molecule has 0 bridgehead atoms. The molecule has 0 saturated heterocycles. The Kier molecular flexibility index (Phi) is 5.44. The van der Waals surface area contributed by atoms with Crippen molar-refractivity contribution in [2.45, 2.75) is 5.75 Å². The van der Waals surface area contributed by atoms with Gasteiger partial charge < -0.3 is 10.0 Å². The zero-order chi connectivity index (χ0) is 12.8. The summed E-state index contributed by atoms with van der Waals surface area (Å²) in [6, 6.07) is 3.79. The number of nitrogens with zero attached hydrogens (tertiary/aromatic N) is 1. The largest absolute Gasteiger partial charge is 0.478 e. The fourth-order valence-electron chi connectivity index (χ4n) is 1.32. The van der Waals surface area contributed by atoms with Gasteiger partial charge in [0.15, 0.2) is 0 Å². The zero-order valence-electron chi connectivity index (χ0n) is 9.94. The molecule has 0 aromatic heterocycles. The summed E-state index contributed by atoms with van der Waals surface area (Å²) >= 11 is 1.60. The molecule has 0 unspecified atom stereocenters. The predicted molar refractivity (Wildman–Crippen MR) is 68.1 cm³/mol. The van der Waals surface area contributed by atoms with Gasteiger partial charge in [-0.3, -0.25) is 0 Å². The van der Waals surface area contributed by atoms with E-state index in [1.54, 1.807) is 11.8 Å². The van der Waals surface area contributed by atoms with Crippen LogP contribution in [0.5, 0.6) is 0 Å². The molecule has 1 rings (SSSR count). The van der Waals surface area contributed by atoms with Gasteiger partial charge in [-0.2, -0.15) is 11.8 Å². The first-order valence-electron chi connectivity index (χ1n) is 5.25. The van der Waals surface area contributed by atoms with Crippen molar-refractivity contribution in [3.63, 3.8) is 0 Å². The second-order valence-corrected chi connectivity index (χ2v) is 5.07. The molecule has 0 spiro atoms. The lowest BCUT2D eigenvalue weighted by molar-refractivity contribution is 0.0696. The highest BCUT2D eigenvalue weighted by molar-refractivity contribution is 7.98. The number of carboxylic acids is 1. The molecule has 0 radical (unpaired) electrons. The lowest BCUT2D eigenvalue weighted by atomic mass is 10.1. The first-order valence-corrected chi connectivity index (χ1v) is 6.40. The summed E-state index contributed by atoms with van der Waals surface area (Å²) in [7, 11) is 3.96. The Morgan fingerprint density at radius 2 is 2.18 bits per heavy atom. The minimum absolute atomic E-state index is 0.184. The molecule has 5 heteroatoms. The maximum Gasteiger partial charge on any atom is 0.335 e. The van der Waals surface area contributed by atoms with Gasteiger partial charge in [-0.05, 0) is 37.9 Å². The van der Waals surface area contributed by atoms with E-state index in [-0.39, 0.29) is 5.56 Å². The molecule has 0 fully saturated rings. The van der Waals surface area contributed by atoms with Gasteiger partial charge >= 0.3 is 5.97 Å². The van der Waals surface area contributed by atoms with Crippen molar-refractivity contribution in [3.05, 3.63) is 35.1 Å². The molecule has 1 N–H and O–H groups in total. The minimum Gasteiger partial charge on any atom is -0.478 e. The van der Waals surface area contributed by atoms with Crippen LogP contribution in [0.2, 0.25) is 0 Å². The van der Waals surface area contributed by atoms with Gasteiger partial charge in [0.05, 0.1) is 5.56 Å². The first-order chi connectivity index (χ1) is 8.00. The van der Waals surface area contributed by atoms with E-state index >= 15 is 0 Å². The molecule has 0 aliphatic heterocycles. The van der Waals surface area contributed by atoms with Crippen LogP contribution in [0.4, 0.5) is 4.39 Å². The van der Waals surface area contributed by atoms with Crippen LogP contribution in [0.1, 0.15) is 15.9 Å².